The Kier molecular flexibility index (Phi) is 6.30. The zero-order valence-corrected chi connectivity index (χ0v) is 20.4. The maximum Gasteiger partial charge on any atom is 0.234 e. The van der Waals surface area contributed by atoms with Gasteiger partial charge in [-0.15, -0.1) is 16.8 Å². The number of hydrogen-bond acceptors (Lipinski definition) is 4. The maximum atomic E-state index is 12.5. The zero-order valence-electron chi connectivity index (χ0n) is 18.0. The number of anilines is 1. The van der Waals surface area contributed by atoms with Crippen molar-refractivity contribution in [2.24, 2.45) is 23.2 Å². The summed E-state index contributed by atoms with van der Waals surface area (Å²) in [7, 11) is 0. The molecule has 0 radical (unpaired) electrons. The van der Waals surface area contributed by atoms with E-state index in [0.29, 0.717) is 27.7 Å². The Morgan fingerprint density at radius 2 is 1.84 bits per heavy atom. The van der Waals surface area contributed by atoms with Gasteiger partial charge in [-0.2, -0.15) is 0 Å². The Morgan fingerprint density at radius 1 is 1.16 bits per heavy atom. The molecule has 0 unspecified atom stereocenters. The van der Waals surface area contributed by atoms with Crippen molar-refractivity contribution in [2.75, 3.05) is 11.1 Å². The molecule has 5 nitrogen and oxygen atoms in total. The van der Waals surface area contributed by atoms with Gasteiger partial charge in [-0.1, -0.05) is 41.0 Å². The van der Waals surface area contributed by atoms with Gasteiger partial charge in [-0.05, 0) is 79.9 Å². The summed E-state index contributed by atoms with van der Waals surface area (Å²) in [6.07, 6.45) is 11.2. The molecular weight excluding hydrogens is 463 g/mol. The highest BCUT2D eigenvalue weighted by atomic mass is 35.5. The quantitative estimate of drug-likeness (QED) is 0.350. The van der Waals surface area contributed by atoms with Crippen LogP contribution in [0.1, 0.15) is 44.3 Å². The molecule has 170 valence electrons. The van der Waals surface area contributed by atoms with Crippen molar-refractivity contribution in [1.82, 2.24) is 14.8 Å². The third kappa shape index (κ3) is 4.59. The van der Waals surface area contributed by atoms with Crippen molar-refractivity contribution in [1.29, 1.82) is 0 Å². The average Bonchev–Trinajstić information content (AvgIpc) is 3.09. The van der Waals surface area contributed by atoms with Gasteiger partial charge >= 0.3 is 0 Å². The molecule has 32 heavy (non-hydrogen) atoms. The Bertz CT molecular complexity index is 1000. The normalized spacial score (nSPS) is 28.1. The topological polar surface area (TPSA) is 59.8 Å². The molecule has 0 spiro atoms. The van der Waals surface area contributed by atoms with Gasteiger partial charge in [0.05, 0.1) is 15.8 Å². The molecule has 4 aliphatic rings. The molecular formula is C24H28Cl2N4OS. The molecule has 4 bridgehead atoms. The van der Waals surface area contributed by atoms with Gasteiger partial charge < -0.3 is 9.88 Å². The van der Waals surface area contributed by atoms with Crippen LogP contribution in [-0.4, -0.2) is 26.4 Å². The molecule has 0 saturated heterocycles. The smallest absolute Gasteiger partial charge is 0.234 e. The van der Waals surface area contributed by atoms with E-state index < -0.39 is 0 Å². The number of allylic oxidation sites excluding steroid dienone is 1. The lowest BCUT2D eigenvalue weighted by molar-refractivity contribution is -0.113. The molecule has 4 aliphatic carbocycles. The predicted molar refractivity (Wildman–Crippen MR) is 130 cm³/mol. The van der Waals surface area contributed by atoms with Crippen LogP contribution in [0.2, 0.25) is 10.0 Å². The van der Waals surface area contributed by atoms with Crippen molar-refractivity contribution in [3.8, 4) is 0 Å². The van der Waals surface area contributed by atoms with Crippen molar-refractivity contribution in [3.63, 3.8) is 0 Å². The summed E-state index contributed by atoms with van der Waals surface area (Å²) >= 11 is 13.4. The van der Waals surface area contributed by atoms with Crippen molar-refractivity contribution in [3.05, 3.63) is 46.7 Å². The van der Waals surface area contributed by atoms with E-state index >= 15 is 0 Å². The SMILES string of the molecule is C=CCn1c(CC23CC4CC(CC(C4)C2)C3)nnc1SCC(=O)Nc1ccc(Cl)c(Cl)c1. The van der Waals surface area contributed by atoms with Gasteiger partial charge in [-0.3, -0.25) is 4.79 Å². The first-order valence-electron chi connectivity index (χ1n) is 11.3. The van der Waals surface area contributed by atoms with Crippen LogP contribution in [0.15, 0.2) is 36.0 Å². The van der Waals surface area contributed by atoms with E-state index in [1.807, 2.05) is 6.08 Å². The molecule has 4 saturated carbocycles. The number of rotatable bonds is 8. The molecule has 1 aromatic heterocycles. The van der Waals surface area contributed by atoms with Crippen LogP contribution in [0.25, 0.3) is 0 Å². The first-order chi connectivity index (χ1) is 15.4. The van der Waals surface area contributed by atoms with Gasteiger partial charge in [0.2, 0.25) is 5.91 Å². The average molecular weight is 491 g/mol. The fourth-order valence-corrected chi connectivity index (χ4v) is 7.68. The number of nitrogens with one attached hydrogen (secondary N) is 1. The van der Waals surface area contributed by atoms with E-state index in [1.165, 1.54) is 50.3 Å². The van der Waals surface area contributed by atoms with Crippen LogP contribution in [0.4, 0.5) is 5.69 Å². The number of carbonyl (C=O) groups is 1. The summed E-state index contributed by atoms with van der Waals surface area (Å²) in [5, 5.41) is 13.5. The van der Waals surface area contributed by atoms with Gasteiger partial charge in [0.25, 0.3) is 0 Å². The number of hydrogen-bond donors (Lipinski definition) is 1. The first kappa shape index (κ1) is 22.3. The molecule has 8 heteroatoms. The van der Waals surface area contributed by atoms with Crippen molar-refractivity contribution < 1.29 is 4.79 Å². The van der Waals surface area contributed by atoms with Crippen LogP contribution in [0.3, 0.4) is 0 Å². The van der Waals surface area contributed by atoms with Crippen LogP contribution >= 0.6 is 35.0 Å². The fraction of sp³-hybridized carbons (Fsp3) is 0.542. The highest BCUT2D eigenvalue weighted by Crippen LogP contribution is 2.61. The lowest BCUT2D eigenvalue weighted by atomic mass is 9.49. The van der Waals surface area contributed by atoms with Crippen LogP contribution in [0.5, 0.6) is 0 Å². The number of nitrogens with zero attached hydrogens (tertiary/aromatic N) is 3. The minimum atomic E-state index is -0.121. The monoisotopic (exact) mass is 490 g/mol. The zero-order chi connectivity index (χ0) is 22.3. The lowest BCUT2D eigenvalue weighted by Gasteiger charge is -2.56. The second kappa shape index (κ2) is 9.03. The minimum Gasteiger partial charge on any atom is -0.325 e. The van der Waals surface area contributed by atoms with Crippen molar-refractivity contribution >= 4 is 46.6 Å². The predicted octanol–water partition coefficient (Wildman–Crippen LogP) is 6.26. The minimum absolute atomic E-state index is 0.121. The van der Waals surface area contributed by atoms with Crippen LogP contribution in [0, 0.1) is 23.2 Å². The number of aromatic nitrogens is 3. The summed E-state index contributed by atoms with van der Waals surface area (Å²) < 4.78 is 2.14. The second-order valence-electron chi connectivity index (χ2n) is 9.86. The highest BCUT2D eigenvalue weighted by Gasteiger charge is 2.51. The third-order valence-electron chi connectivity index (χ3n) is 7.34. The van der Waals surface area contributed by atoms with Crippen LogP contribution < -0.4 is 5.32 Å². The van der Waals surface area contributed by atoms with Gasteiger partial charge in [0.15, 0.2) is 5.16 Å². The Balaban J connectivity index is 1.25. The number of amides is 1. The van der Waals surface area contributed by atoms with E-state index in [0.717, 1.165) is 35.2 Å². The van der Waals surface area contributed by atoms with Crippen molar-refractivity contribution in [2.45, 2.75) is 56.6 Å². The van der Waals surface area contributed by atoms with Gasteiger partial charge in [0, 0.05) is 18.7 Å². The number of thioether (sulfide) groups is 1. The lowest BCUT2D eigenvalue weighted by Crippen LogP contribution is -2.47. The molecule has 0 atom stereocenters. The number of benzene rings is 1. The molecule has 1 heterocycles. The molecule has 1 aromatic carbocycles. The Morgan fingerprint density at radius 3 is 2.47 bits per heavy atom. The van der Waals surface area contributed by atoms with Gasteiger partial charge in [0.1, 0.15) is 5.82 Å². The van der Waals surface area contributed by atoms with Gasteiger partial charge in [-0.25, -0.2) is 0 Å². The fourth-order valence-electron chi connectivity index (χ4n) is 6.61. The number of halogens is 2. The van der Waals surface area contributed by atoms with E-state index in [2.05, 4.69) is 26.7 Å². The molecule has 1 amide bonds. The molecule has 0 aliphatic heterocycles. The van der Waals surface area contributed by atoms with E-state index in [1.54, 1.807) is 18.2 Å². The molecule has 1 N–H and O–H groups in total. The summed E-state index contributed by atoms with van der Waals surface area (Å²) in [4.78, 5) is 12.5. The standard InChI is InChI=1S/C24H28Cl2N4OS/c1-2-5-30-21(13-24-10-15-6-16(11-24)8-17(7-15)12-24)28-29-23(30)32-14-22(31)27-18-3-4-19(25)20(26)9-18/h2-4,9,15-17H,1,5-8,10-14H2,(H,27,31). The van der Waals surface area contributed by atoms with Crippen LogP contribution in [-0.2, 0) is 17.8 Å². The summed E-state index contributed by atoms with van der Waals surface area (Å²) in [5.41, 5.74) is 1.02. The molecule has 4 fully saturated rings. The first-order valence-corrected chi connectivity index (χ1v) is 13.1. The number of carbonyl (C=O) groups excluding carboxylic acids is 1. The molecule has 2 aromatic rings. The Hall–Kier alpha value is -1.50. The maximum absolute atomic E-state index is 12.5. The molecule has 6 rings (SSSR count). The second-order valence-corrected chi connectivity index (χ2v) is 11.6. The van der Waals surface area contributed by atoms with E-state index in [9.17, 15) is 4.79 Å². The summed E-state index contributed by atoms with van der Waals surface area (Å²) in [5.74, 6) is 3.90. The van der Waals surface area contributed by atoms with E-state index in [4.69, 9.17) is 23.2 Å². The summed E-state index contributed by atoms with van der Waals surface area (Å²) in [6, 6.07) is 5.06. The van der Waals surface area contributed by atoms with E-state index in [-0.39, 0.29) is 11.7 Å². The Labute approximate surface area is 203 Å². The third-order valence-corrected chi connectivity index (χ3v) is 9.04. The highest BCUT2D eigenvalue weighted by molar-refractivity contribution is 7.99. The summed E-state index contributed by atoms with van der Waals surface area (Å²) in [6.45, 7) is 4.58. The largest absolute Gasteiger partial charge is 0.325 e.